The Balaban J connectivity index is 1.53. The van der Waals surface area contributed by atoms with Crippen LogP contribution >= 0.6 is 0 Å². The molecule has 4 aliphatic rings. The summed E-state index contributed by atoms with van der Waals surface area (Å²) in [5, 5.41) is 0. The highest BCUT2D eigenvalue weighted by atomic mass is 16.5. The van der Waals surface area contributed by atoms with Gasteiger partial charge in [-0.25, -0.2) is 0 Å². The molecule has 4 fully saturated rings. The molecular formula is C19H23NO2. The molecular weight excluding hydrogens is 274 g/mol. The molecule has 2 spiro atoms. The number of amides is 1. The number of benzene rings is 1. The molecule has 5 rings (SSSR count). The molecule has 2 saturated carbocycles. The normalized spacial score (nSPS) is 40.1. The van der Waals surface area contributed by atoms with Gasteiger partial charge in [0.2, 0.25) is 5.91 Å². The highest BCUT2D eigenvalue weighted by Gasteiger charge is 2.89. The summed E-state index contributed by atoms with van der Waals surface area (Å²) < 4.78 is 5.99. The molecule has 3 heteroatoms. The second-order valence-corrected chi connectivity index (χ2v) is 8.13. The van der Waals surface area contributed by atoms with Gasteiger partial charge in [0.1, 0.15) is 0 Å². The van der Waals surface area contributed by atoms with E-state index in [-0.39, 0.29) is 23.1 Å². The summed E-state index contributed by atoms with van der Waals surface area (Å²) in [7, 11) is 0. The lowest BCUT2D eigenvalue weighted by molar-refractivity contribution is -0.141. The van der Waals surface area contributed by atoms with E-state index in [2.05, 4.69) is 30.9 Å². The number of nitrogens with zero attached hydrogens (tertiary/aromatic N) is 1. The van der Waals surface area contributed by atoms with Gasteiger partial charge in [-0.2, -0.15) is 0 Å². The Bertz CT molecular complexity index is 649. The van der Waals surface area contributed by atoms with Crippen molar-refractivity contribution >= 4 is 5.91 Å². The van der Waals surface area contributed by atoms with Crippen LogP contribution in [0.2, 0.25) is 0 Å². The molecule has 0 aromatic heterocycles. The van der Waals surface area contributed by atoms with Gasteiger partial charge in [0.25, 0.3) is 0 Å². The molecule has 2 heterocycles. The Morgan fingerprint density at radius 2 is 1.91 bits per heavy atom. The molecule has 0 bridgehead atoms. The van der Waals surface area contributed by atoms with Crippen molar-refractivity contribution in [3.63, 3.8) is 0 Å². The van der Waals surface area contributed by atoms with Crippen LogP contribution in [0.4, 0.5) is 0 Å². The lowest BCUT2D eigenvalue weighted by Crippen LogP contribution is -2.35. The molecule has 2 aliphatic carbocycles. The number of carbonyl (C=O) groups excluding carboxylic acids is 1. The zero-order chi connectivity index (χ0) is 15.2. The van der Waals surface area contributed by atoms with Crippen molar-refractivity contribution in [3.8, 4) is 0 Å². The van der Waals surface area contributed by atoms with Crippen molar-refractivity contribution in [1.29, 1.82) is 0 Å². The molecule has 0 radical (unpaired) electrons. The first-order chi connectivity index (χ1) is 10.6. The molecule has 1 unspecified atom stereocenters. The Morgan fingerprint density at radius 1 is 1.18 bits per heavy atom. The van der Waals surface area contributed by atoms with E-state index < -0.39 is 0 Å². The van der Waals surface area contributed by atoms with Crippen LogP contribution in [0.25, 0.3) is 0 Å². The maximum atomic E-state index is 13.4. The van der Waals surface area contributed by atoms with Crippen LogP contribution in [0, 0.1) is 16.2 Å². The van der Waals surface area contributed by atoms with Crippen molar-refractivity contribution in [2.45, 2.75) is 51.8 Å². The van der Waals surface area contributed by atoms with Gasteiger partial charge >= 0.3 is 0 Å². The van der Waals surface area contributed by atoms with E-state index in [0.717, 1.165) is 12.0 Å². The van der Waals surface area contributed by atoms with Gasteiger partial charge in [-0.3, -0.25) is 4.79 Å². The summed E-state index contributed by atoms with van der Waals surface area (Å²) in [6.07, 6.45) is 4.60. The molecule has 1 aromatic rings. The number of hydrogen-bond donors (Lipinski definition) is 0. The lowest BCUT2D eigenvalue weighted by Gasteiger charge is -2.31. The first kappa shape index (κ1) is 13.1. The van der Waals surface area contributed by atoms with Gasteiger partial charge in [-0.15, -0.1) is 0 Å². The Labute approximate surface area is 131 Å². The molecule has 3 nitrogen and oxygen atoms in total. The maximum absolute atomic E-state index is 13.4. The highest BCUT2D eigenvalue weighted by molar-refractivity contribution is 5.92. The van der Waals surface area contributed by atoms with E-state index in [1.165, 1.54) is 19.3 Å². The molecule has 116 valence electrons. The quantitative estimate of drug-likeness (QED) is 0.794. The summed E-state index contributed by atoms with van der Waals surface area (Å²) in [4.78, 5) is 15.5. The van der Waals surface area contributed by atoms with Gasteiger partial charge in [0.15, 0.2) is 6.23 Å². The van der Waals surface area contributed by atoms with Gasteiger partial charge < -0.3 is 9.64 Å². The average molecular weight is 297 g/mol. The second kappa shape index (κ2) is 3.76. The molecule has 22 heavy (non-hydrogen) atoms. The van der Waals surface area contributed by atoms with E-state index in [1.807, 2.05) is 18.2 Å². The van der Waals surface area contributed by atoms with Crippen molar-refractivity contribution in [2.24, 2.45) is 16.2 Å². The van der Waals surface area contributed by atoms with Crippen molar-refractivity contribution in [2.75, 3.05) is 6.61 Å². The summed E-state index contributed by atoms with van der Waals surface area (Å²) in [5.74, 6) is 0.369. The molecule has 2 saturated heterocycles. The monoisotopic (exact) mass is 297 g/mol. The predicted octanol–water partition coefficient (Wildman–Crippen LogP) is 3.51. The SMILES string of the molecule is CC1(C)C2(CCC2)[C@@]12CC1CO[C@H](c3ccccc3)N1C2=O. The molecule has 3 atom stereocenters. The van der Waals surface area contributed by atoms with E-state index in [1.54, 1.807) is 0 Å². The fourth-order valence-corrected chi connectivity index (χ4v) is 6.18. The van der Waals surface area contributed by atoms with E-state index >= 15 is 0 Å². The second-order valence-electron chi connectivity index (χ2n) is 8.13. The van der Waals surface area contributed by atoms with E-state index in [0.29, 0.717) is 17.9 Å². The number of fused-ring (bicyclic) bond motifs is 2. The standard InChI is InChI=1S/C19H23NO2/c1-17(2)18(9-6-10-18)19(17)11-14-12-22-15(20(14)16(19)21)13-7-4-3-5-8-13/h3-5,7-8,14-15H,6,9-12H2,1-2H3/t14?,15-,19-/m1/s1. The van der Waals surface area contributed by atoms with Crippen molar-refractivity contribution < 1.29 is 9.53 Å². The summed E-state index contributed by atoms with van der Waals surface area (Å²) in [6, 6.07) is 10.5. The predicted molar refractivity (Wildman–Crippen MR) is 82.9 cm³/mol. The largest absolute Gasteiger partial charge is 0.352 e. The van der Waals surface area contributed by atoms with Crippen molar-refractivity contribution in [3.05, 3.63) is 35.9 Å². The topological polar surface area (TPSA) is 29.5 Å². The minimum atomic E-state index is -0.174. The minimum absolute atomic E-state index is 0.0975. The van der Waals surface area contributed by atoms with Crippen molar-refractivity contribution in [1.82, 2.24) is 4.90 Å². The van der Waals surface area contributed by atoms with Gasteiger partial charge in [0.05, 0.1) is 18.1 Å². The summed E-state index contributed by atoms with van der Waals surface area (Å²) >= 11 is 0. The van der Waals surface area contributed by atoms with Crippen LogP contribution in [-0.4, -0.2) is 23.5 Å². The molecule has 1 amide bonds. The van der Waals surface area contributed by atoms with Crippen LogP contribution in [-0.2, 0) is 9.53 Å². The zero-order valence-electron chi connectivity index (χ0n) is 13.3. The van der Waals surface area contributed by atoms with Gasteiger partial charge in [-0.1, -0.05) is 50.6 Å². The highest BCUT2D eigenvalue weighted by Crippen LogP contribution is 2.89. The average Bonchev–Trinajstić information content (AvgIpc) is 2.77. The number of hydrogen-bond acceptors (Lipinski definition) is 2. The van der Waals surface area contributed by atoms with E-state index in [9.17, 15) is 4.79 Å². The van der Waals surface area contributed by atoms with Crippen LogP contribution < -0.4 is 0 Å². The minimum Gasteiger partial charge on any atom is -0.352 e. The number of carbonyl (C=O) groups is 1. The third-order valence-electron chi connectivity index (χ3n) is 7.54. The Kier molecular flexibility index (Phi) is 2.24. The smallest absolute Gasteiger partial charge is 0.232 e. The van der Waals surface area contributed by atoms with E-state index in [4.69, 9.17) is 4.74 Å². The first-order valence-electron chi connectivity index (χ1n) is 8.55. The number of ether oxygens (including phenoxy) is 1. The Morgan fingerprint density at radius 3 is 2.50 bits per heavy atom. The van der Waals surface area contributed by atoms with Crippen LogP contribution in [0.3, 0.4) is 0 Å². The first-order valence-corrected chi connectivity index (χ1v) is 8.55. The Hall–Kier alpha value is -1.35. The number of rotatable bonds is 1. The molecule has 2 aliphatic heterocycles. The van der Waals surface area contributed by atoms with Gasteiger partial charge in [-0.05, 0) is 30.1 Å². The zero-order valence-corrected chi connectivity index (χ0v) is 13.3. The fraction of sp³-hybridized carbons (Fsp3) is 0.632. The van der Waals surface area contributed by atoms with Crippen LogP contribution in [0.15, 0.2) is 30.3 Å². The third-order valence-corrected chi connectivity index (χ3v) is 7.54. The third kappa shape index (κ3) is 1.13. The maximum Gasteiger partial charge on any atom is 0.232 e. The molecule has 1 aromatic carbocycles. The van der Waals surface area contributed by atoms with Crippen LogP contribution in [0.5, 0.6) is 0 Å². The molecule has 0 N–H and O–H groups in total. The van der Waals surface area contributed by atoms with Gasteiger partial charge in [0, 0.05) is 5.56 Å². The summed E-state index contributed by atoms with van der Waals surface area (Å²) in [6.45, 7) is 5.34. The fourth-order valence-electron chi connectivity index (χ4n) is 6.18. The lowest BCUT2D eigenvalue weighted by atomic mass is 9.73. The summed E-state index contributed by atoms with van der Waals surface area (Å²) in [5.41, 5.74) is 1.47. The van der Waals surface area contributed by atoms with Crippen LogP contribution in [0.1, 0.15) is 51.3 Å².